The fourth-order valence-corrected chi connectivity index (χ4v) is 5.33. The largest absolute Gasteiger partial charge is 0.255 e. The number of nitrogens with zero attached hydrogens (tertiary/aromatic N) is 1. The Labute approximate surface area is 197 Å². The van der Waals surface area contributed by atoms with Gasteiger partial charge in [-0.05, 0) is 49.3 Å². The molecule has 0 radical (unpaired) electrons. The van der Waals surface area contributed by atoms with Crippen LogP contribution in [-0.4, -0.2) is 4.98 Å². The Kier molecular flexibility index (Phi) is 4.22. The predicted molar refractivity (Wildman–Crippen MR) is 145 cm³/mol. The predicted octanol–water partition coefficient (Wildman–Crippen LogP) is 9.03. The van der Waals surface area contributed by atoms with Crippen LogP contribution < -0.4 is 0 Å². The summed E-state index contributed by atoms with van der Waals surface area (Å²) in [5, 5.41) is 10.1. The molecule has 1 heterocycles. The van der Waals surface area contributed by atoms with Crippen LogP contribution in [-0.2, 0) is 0 Å². The molecule has 158 valence electrons. The van der Waals surface area contributed by atoms with Crippen molar-refractivity contribution in [1.82, 2.24) is 4.98 Å². The second kappa shape index (κ2) is 7.54. The van der Waals surface area contributed by atoms with Crippen LogP contribution in [0.2, 0.25) is 0 Å². The summed E-state index contributed by atoms with van der Waals surface area (Å²) in [7, 11) is 0. The minimum absolute atomic E-state index is 1.02. The standard InChI is InChI=1S/C33H21N/c1-2-10-22(11-3-1)32-21-34-33(30-17-9-8-16-28(30)32)23-18-19-29-26-14-5-4-12-24(26)25-13-6-7-15-27(25)31(29)20-23/h1-21H. The summed E-state index contributed by atoms with van der Waals surface area (Å²) in [6, 6.07) is 43.3. The molecule has 1 nitrogen and oxygen atoms in total. The molecular formula is C33H21N. The first-order valence-electron chi connectivity index (χ1n) is 11.7. The molecular weight excluding hydrogens is 410 g/mol. The van der Waals surface area contributed by atoms with E-state index in [2.05, 4.69) is 121 Å². The molecule has 0 aliphatic heterocycles. The molecule has 0 saturated heterocycles. The third-order valence-electron chi connectivity index (χ3n) is 6.90. The first kappa shape index (κ1) is 19.0. The first-order chi connectivity index (χ1) is 16.9. The summed E-state index contributed by atoms with van der Waals surface area (Å²) in [6.45, 7) is 0. The van der Waals surface area contributed by atoms with Crippen molar-refractivity contribution in [2.45, 2.75) is 0 Å². The van der Waals surface area contributed by atoms with Crippen LogP contribution in [0, 0.1) is 0 Å². The molecule has 0 aliphatic carbocycles. The van der Waals surface area contributed by atoms with Crippen LogP contribution in [0.3, 0.4) is 0 Å². The van der Waals surface area contributed by atoms with Crippen molar-refractivity contribution in [3.63, 3.8) is 0 Å². The van der Waals surface area contributed by atoms with Gasteiger partial charge in [0.05, 0.1) is 5.69 Å². The van der Waals surface area contributed by atoms with Crippen LogP contribution in [0.15, 0.2) is 128 Å². The van der Waals surface area contributed by atoms with E-state index in [1.54, 1.807) is 0 Å². The molecule has 0 atom stereocenters. The van der Waals surface area contributed by atoms with Crippen LogP contribution in [0.4, 0.5) is 0 Å². The van der Waals surface area contributed by atoms with E-state index in [0.29, 0.717) is 0 Å². The van der Waals surface area contributed by atoms with Crippen LogP contribution in [0.5, 0.6) is 0 Å². The summed E-state index contributed by atoms with van der Waals surface area (Å²) in [5.41, 5.74) is 4.52. The van der Waals surface area contributed by atoms with Crippen LogP contribution in [0.1, 0.15) is 0 Å². The smallest absolute Gasteiger partial charge is 0.0780 e. The second-order valence-electron chi connectivity index (χ2n) is 8.78. The number of hydrogen-bond donors (Lipinski definition) is 0. The highest BCUT2D eigenvalue weighted by Crippen LogP contribution is 2.39. The van der Waals surface area contributed by atoms with Gasteiger partial charge in [-0.25, -0.2) is 0 Å². The molecule has 0 aliphatic rings. The molecule has 0 saturated carbocycles. The van der Waals surface area contributed by atoms with Crippen LogP contribution in [0.25, 0.3) is 65.5 Å². The molecule has 1 heteroatoms. The minimum Gasteiger partial charge on any atom is -0.255 e. The van der Waals surface area contributed by atoms with Crippen molar-refractivity contribution >= 4 is 43.1 Å². The van der Waals surface area contributed by atoms with Gasteiger partial charge in [0.15, 0.2) is 0 Å². The number of fused-ring (bicyclic) bond motifs is 7. The Hall–Kier alpha value is -4.49. The average molecular weight is 432 g/mol. The van der Waals surface area contributed by atoms with Crippen molar-refractivity contribution in [2.75, 3.05) is 0 Å². The Morgan fingerprint density at radius 2 is 0.853 bits per heavy atom. The third-order valence-corrected chi connectivity index (χ3v) is 6.90. The summed E-state index contributed by atoms with van der Waals surface area (Å²) in [5.74, 6) is 0. The number of rotatable bonds is 2. The molecule has 1 aromatic heterocycles. The van der Waals surface area contributed by atoms with Gasteiger partial charge in [0.25, 0.3) is 0 Å². The first-order valence-corrected chi connectivity index (χ1v) is 11.7. The van der Waals surface area contributed by atoms with Crippen molar-refractivity contribution in [3.8, 4) is 22.4 Å². The SMILES string of the molecule is c1ccc(-c2cnc(-c3ccc4c5ccccc5c5ccccc5c4c3)c3ccccc23)cc1. The number of pyridine rings is 1. The number of aromatic nitrogens is 1. The van der Waals surface area contributed by atoms with E-state index >= 15 is 0 Å². The number of hydrogen-bond acceptors (Lipinski definition) is 1. The zero-order valence-electron chi connectivity index (χ0n) is 18.6. The molecule has 0 fully saturated rings. The topological polar surface area (TPSA) is 12.9 Å². The maximum absolute atomic E-state index is 5.00. The molecule has 0 unspecified atom stereocenters. The van der Waals surface area contributed by atoms with Crippen LogP contribution >= 0.6 is 0 Å². The molecule has 0 bridgehead atoms. The molecule has 34 heavy (non-hydrogen) atoms. The Balaban J connectivity index is 1.53. The maximum atomic E-state index is 5.00. The minimum atomic E-state index is 1.02. The van der Waals surface area contributed by atoms with Crippen molar-refractivity contribution in [1.29, 1.82) is 0 Å². The lowest BCUT2D eigenvalue weighted by atomic mass is 9.91. The Morgan fingerprint density at radius 3 is 1.50 bits per heavy atom. The maximum Gasteiger partial charge on any atom is 0.0780 e. The summed E-state index contributed by atoms with van der Waals surface area (Å²) >= 11 is 0. The quantitative estimate of drug-likeness (QED) is 0.249. The highest BCUT2D eigenvalue weighted by atomic mass is 14.7. The van der Waals surface area contributed by atoms with Crippen molar-refractivity contribution in [3.05, 3.63) is 128 Å². The average Bonchev–Trinajstić information content (AvgIpc) is 2.93. The molecule has 0 amide bonds. The number of benzene rings is 6. The highest BCUT2D eigenvalue weighted by Gasteiger charge is 2.13. The monoisotopic (exact) mass is 431 g/mol. The van der Waals surface area contributed by atoms with Gasteiger partial charge in [-0.1, -0.05) is 115 Å². The lowest BCUT2D eigenvalue weighted by Crippen LogP contribution is -1.91. The molecule has 6 aromatic carbocycles. The van der Waals surface area contributed by atoms with Gasteiger partial charge in [0.2, 0.25) is 0 Å². The lowest BCUT2D eigenvalue weighted by molar-refractivity contribution is 1.36. The lowest BCUT2D eigenvalue weighted by Gasteiger charge is -2.14. The van der Waals surface area contributed by atoms with Gasteiger partial charge >= 0.3 is 0 Å². The fraction of sp³-hybridized carbons (Fsp3) is 0. The third kappa shape index (κ3) is 2.84. The zero-order chi connectivity index (χ0) is 22.5. The van der Waals surface area contributed by atoms with E-state index in [0.717, 1.165) is 16.8 Å². The summed E-state index contributed by atoms with van der Waals surface area (Å²) < 4.78 is 0. The van der Waals surface area contributed by atoms with E-state index in [-0.39, 0.29) is 0 Å². The van der Waals surface area contributed by atoms with Crippen molar-refractivity contribution in [2.24, 2.45) is 0 Å². The van der Waals surface area contributed by atoms with Gasteiger partial charge in [0.1, 0.15) is 0 Å². The summed E-state index contributed by atoms with van der Waals surface area (Å²) in [4.78, 5) is 5.00. The van der Waals surface area contributed by atoms with Gasteiger partial charge in [0, 0.05) is 22.7 Å². The van der Waals surface area contributed by atoms with E-state index in [4.69, 9.17) is 4.98 Å². The fourth-order valence-electron chi connectivity index (χ4n) is 5.33. The van der Waals surface area contributed by atoms with E-state index in [1.807, 2.05) is 6.20 Å². The zero-order valence-corrected chi connectivity index (χ0v) is 18.6. The van der Waals surface area contributed by atoms with E-state index in [9.17, 15) is 0 Å². The van der Waals surface area contributed by atoms with Gasteiger partial charge in [-0.3, -0.25) is 4.98 Å². The van der Waals surface area contributed by atoms with Gasteiger partial charge in [-0.2, -0.15) is 0 Å². The van der Waals surface area contributed by atoms with Crippen molar-refractivity contribution < 1.29 is 0 Å². The van der Waals surface area contributed by atoms with Gasteiger partial charge in [-0.15, -0.1) is 0 Å². The summed E-state index contributed by atoms with van der Waals surface area (Å²) in [6.07, 6.45) is 2.02. The second-order valence-corrected chi connectivity index (χ2v) is 8.78. The van der Waals surface area contributed by atoms with Gasteiger partial charge < -0.3 is 0 Å². The highest BCUT2D eigenvalue weighted by molar-refractivity contribution is 6.25. The molecule has 7 aromatic rings. The van der Waals surface area contributed by atoms with E-state index in [1.165, 1.54) is 48.7 Å². The molecule has 0 spiro atoms. The molecule has 7 rings (SSSR count). The Morgan fingerprint density at radius 1 is 0.353 bits per heavy atom. The van der Waals surface area contributed by atoms with E-state index < -0.39 is 0 Å². The molecule has 0 N–H and O–H groups in total. The Bertz CT molecular complexity index is 1810. The normalized spacial score (nSPS) is 11.5.